The lowest BCUT2D eigenvalue weighted by atomic mass is 10.00. The number of aromatic nitrogens is 2. The van der Waals surface area contributed by atoms with Crippen molar-refractivity contribution in [2.75, 3.05) is 13.1 Å². The first-order chi connectivity index (χ1) is 13.4. The first kappa shape index (κ1) is 19.0. The highest BCUT2D eigenvalue weighted by molar-refractivity contribution is 7.89. The third-order valence-electron chi connectivity index (χ3n) is 4.84. The summed E-state index contributed by atoms with van der Waals surface area (Å²) in [6.07, 6.45) is 1.51. The number of hydrogen-bond donors (Lipinski definition) is 0. The molecule has 4 rings (SSSR count). The van der Waals surface area contributed by atoms with E-state index in [2.05, 4.69) is 10.2 Å². The van der Waals surface area contributed by atoms with Gasteiger partial charge in [0.1, 0.15) is 0 Å². The summed E-state index contributed by atoms with van der Waals surface area (Å²) >= 11 is 1.55. The number of thiophene rings is 1. The maximum Gasteiger partial charge on any atom is 0.248 e. The standard InChI is InChI=1S/C19H19N3O4S2/c1-13(23)14-4-6-17(7-5-14)28(24,25)22-9-2-3-15(11-22)18-20-21-19(26-18)16-8-10-27-12-16/h4-8,10,12,15H,2-3,9,11H2,1H3/t15-/m0/s1. The van der Waals surface area contributed by atoms with Crippen LogP contribution in [-0.4, -0.2) is 41.8 Å². The molecule has 0 saturated carbocycles. The van der Waals surface area contributed by atoms with Crippen molar-refractivity contribution in [2.45, 2.75) is 30.6 Å². The Labute approximate surface area is 167 Å². The van der Waals surface area contributed by atoms with E-state index in [-0.39, 0.29) is 16.6 Å². The zero-order valence-electron chi connectivity index (χ0n) is 15.2. The van der Waals surface area contributed by atoms with Crippen LogP contribution >= 0.6 is 11.3 Å². The molecule has 1 saturated heterocycles. The number of hydrogen-bond acceptors (Lipinski definition) is 7. The highest BCUT2D eigenvalue weighted by atomic mass is 32.2. The van der Waals surface area contributed by atoms with E-state index < -0.39 is 10.0 Å². The van der Waals surface area contributed by atoms with E-state index in [0.29, 0.717) is 36.9 Å². The van der Waals surface area contributed by atoms with Gasteiger partial charge in [0, 0.05) is 29.6 Å². The van der Waals surface area contributed by atoms with Gasteiger partial charge in [-0.1, -0.05) is 12.1 Å². The predicted octanol–water partition coefficient (Wildman–Crippen LogP) is 3.57. The summed E-state index contributed by atoms with van der Waals surface area (Å²) in [5, 5.41) is 12.1. The normalized spacial score (nSPS) is 18.2. The Kier molecular flexibility index (Phi) is 5.13. The van der Waals surface area contributed by atoms with E-state index in [4.69, 9.17) is 4.42 Å². The molecule has 0 unspecified atom stereocenters. The number of rotatable bonds is 5. The van der Waals surface area contributed by atoms with Crippen molar-refractivity contribution in [1.29, 1.82) is 0 Å². The molecule has 0 bridgehead atoms. The van der Waals surface area contributed by atoms with Crippen molar-refractivity contribution in [3.8, 4) is 11.5 Å². The Morgan fingerprint density at radius 2 is 2.00 bits per heavy atom. The zero-order chi connectivity index (χ0) is 19.7. The first-order valence-corrected chi connectivity index (χ1v) is 11.3. The van der Waals surface area contributed by atoms with Gasteiger partial charge in [-0.15, -0.1) is 10.2 Å². The molecule has 0 amide bonds. The fourth-order valence-electron chi connectivity index (χ4n) is 3.28. The van der Waals surface area contributed by atoms with E-state index in [1.54, 1.807) is 23.5 Å². The van der Waals surface area contributed by atoms with Gasteiger partial charge in [-0.05, 0) is 43.3 Å². The summed E-state index contributed by atoms with van der Waals surface area (Å²) in [7, 11) is -3.65. The number of benzene rings is 1. The van der Waals surface area contributed by atoms with E-state index in [1.807, 2.05) is 16.8 Å². The van der Waals surface area contributed by atoms with Gasteiger partial charge in [-0.3, -0.25) is 4.79 Å². The molecule has 1 atom stereocenters. The van der Waals surface area contributed by atoms with Gasteiger partial charge in [0.05, 0.1) is 10.8 Å². The SMILES string of the molecule is CC(=O)c1ccc(S(=O)(=O)N2CCC[C@H](c3nnc(-c4ccsc4)o3)C2)cc1. The molecule has 3 heterocycles. The molecule has 0 spiro atoms. The molecule has 28 heavy (non-hydrogen) atoms. The molecule has 7 nitrogen and oxygen atoms in total. The quantitative estimate of drug-likeness (QED) is 0.589. The third kappa shape index (κ3) is 3.65. The Balaban J connectivity index is 1.54. The van der Waals surface area contributed by atoms with Crippen LogP contribution in [0.5, 0.6) is 0 Å². The van der Waals surface area contributed by atoms with Crippen molar-refractivity contribution in [3.05, 3.63) is 52.5 Å². The van der Waals surface area contributed by atoms with Crippen LogP contribution in [0.2, 0.25) is 0 Å². The predicted molar refractivity (Wildman–Crippen MR) is 105 cm³/mol. The van der Waals surface area contributed by atoms with Crippen LogP contribution in [-0.2, 0) is 10.0 Å². The fourth-order valence-corrected chi connectivity index (χ4v) is 5.43. The van der Waals surface area contributed by atoms with E-state index in [1.165, 1.54) is 23.4 Å². The monoisotopic (exact) mass is 417 g/mol. The second-order valence-corrected chi connectivity index (χ2v) is 9.46. The number of ketones is 1. The Hall–Kier alpha value is -2.36. The fraction of sp³-hybridized carbons (Fsp3) is 0.316. The van der Waals surface area contributed by atoms with Crippen molar-refractivity contribution in [1.82, 2.24) is 14.5 Å². The molecule has 146 valence electrons. The average molecular weight is 418 g/mol. The zero-order valence-corrected chi connectivity index (χ0v) is 16.9. The Morgan fingerprint density at radius 1 is 1.21 bits per heavy atom. The third-order valence-corrected chi connectivity index (χ3v) is 7.40. The summed E-state index contributed by atoms with van der Waals surface area (Å²) < 4.78 is 33.3. The number of Topliss-reactive ketones (excluding diaryl/α,β-unsaturated/α-hetero) is 1. The van der Waals surface area contributed by atoms with Gasteiger partial charge in [0.25, 0.3) is 0 Å². The number of carbonyl (C=O) groups is 1. The maximum atomic E-state index is 13.0. The average Bonchev–Trinajstić information content (AvgIpc) is 3.40. The molecule has 9 heteroatoms. The lowest BCUT2D eigenvalue weighted by Gasteiger charge is -2.30. The van der Waals surface area contributed by atoms with Crippen LogP contribution in [0, 0.1) is 0 Å². The molecule has 2 aromatic heterocycles. The molecule has 0 aliphatic carbocycles. The second kappa shape index (κ2) is 7.57. The Bertz CT molecular complexity index is 1070. The molecule has 1 aliphatic heterocycles. The largest absolute Gasteiger partial charge is 0.420 e. The van der Waals surface area contributed by atoms with Crippen LogP contribution in [0.15, 0.2) is 50.4 Å². The number of sulfonamides is 1. The summed E-state index contributed by atoms with van der Waals surface area (Å²) in [6.45, 7) is 2.19. The topological polar surface area (TPSA) is 93.4 Å². The minimum absolute atomic E-state index is 0.0974. The van der Waals surface area contributed by atoms with Crippen molar-refractivity contribution < 1.29 is 17.6 Å². The molecule has 3 aromatic rings. The molecule has 0 N–H and O–H groups in total. The Morgan fingerprint density at radius 3 is 2.68 bits per heavy atom. The van der Waals surface area contributed by atoms with Gasteiger partial charge in [0.15, 0.2) is 5.78 Å². The van der Waals surface area contributed by atoms with E-state index in [9.17, 15) is 13.2 Å². The summed E-state index contributed by atoms with van der Waals surface area (Å²) in [5.41, 5.74) is 1.36. The van der Waals surface area contributed by atoms with Crippen LogP contribution in [0.3, 0.4) is 0 Å². The molecular weight excluding hydrogens is 398 g/mol. The van der Waals surface area contributed by atoms with Gasteiger partial charge in [0.2, 0.25) is 21.8 Å². The van der Waals surface area contributed by atoms with Gasteiger partial charge in [-0.25, -0.2) is 8.42 Å². The van der Waals surface area contributed by atoms with E-state index >= 15 is 0 Å². The van der Waals surface area contributed by atoms with Crippen LogP contribution in [0.25, 0.3) is 11.5 Å². The highest BCUT2D eigenvalue weighted by Crippen LogP contribution is 2.31. The van der Waals surface area contributed by atoms with Crippen molar-refractivity contribution >= 4 is 27.1 Å². The summed E-state index contributed by atoms with van der Waals surface area (Å²) in [4.78, 5) is 11.6. The maximum absolute atomic E-state index is 13.0. The van der Waals surface area contributed by atoms with E-state index in [0.717, 1.165) is 12.0 Å². The number of piperidine rings is 1. The van der Waals surface area contributed by atoms with Gasteiger partial charge >= 0.3 is 0 Å². The molecule has 1 aromatic carbocycles. The molecule has 1 fully saturated rings. The number of nitrogens with zero attached hydrogens (tertiary/aromatic N) is 3. The van der Waals surface area contributed by atoms with Gasteiger partial charge in [-0.2, -0.15) is 15.6 Å². The minimum atomic E-state index is -3.65. The van der Waals surface area contributed by atoms with Crippen LogP contribution < -0.4 is 0 Å². The van der Waals surface area contributed by atoms with Crippen molar-refractivity contribution in [2.24, 2.45) is 0 Å². The smallest absolute Gasteiger partial charge is 0.248 e. The molecule has 0 radical (unpaired) electrons. The summed E-state index contributed by atoms with van der Waals surface area (Å²) in [5.74, 6) is 0.684. The van der Waals surface area contributed by atoms with Crippen molar-refractivity contribution in [3.63, 3.8) is 0 Å². The second-order valence-electron chi connectivity index (χ2n) is 6.74. The molecule has 1 aliphatic rings. The summed E-state index contributed by atoms with van der Waals surface area (Å²) in [6, 6.07) is 7.96. The number of carbonyl (C=O) groups excluding carboxylic acids is 1. The highest BCUT2D eigenvalue weighted by Gasteiger charge is 2.33. The minimum Gasteiger partial charge on any atom is -0.420 e. The van der Waals surface area contributed by atoms with Crippen LogP contribution in [0.1, 0.15) is 41.9 Å². The lowest BCUT2D eigenvalue weighted by molar-refractivity contribution is 0.101. The van der Waals surface area contributed by atoms with Gasteiger partial charge < -0.3 is 4.42 Å². The molecular formula is C19H19N3O4S2. The first-order valence-electron chi connectivity index (χ1n) is 8.92. The lowest BCUT2D eigenvalue weighted by Crippen LogP contribution is -2.39. The van der Waals surface area contributed by atoms with Crippen LogP contribution in [0.4, 0.5) is 0 Å².